The Morgan fingerprint density at radius 3 is 2.35 bits per heavy atom. The van der Waals surface area contributed by atoms with Crippen LogP contribution in [0.25, 0.3) is 0 Å². The molecule has 1 heterocycles. The Labute approximate surface area is 103 Å². The first-order valence-corrected chi connectivity index (χ1v) is 5.95. The molecule has 0 atom stereocenters. The molecule has 0 unspecified atom stereocenters. The van der Waals surface area contributed by atoms with Gasteiger partial charge in [-0.3, -0.25) is 0 Å². The molecule has 0 spiro atoms. The molecule has 90 valence electrons. The Kier molecular flexibility index (Phi) is 3.18. The number of nitrogens with one attached hydrogen (secondary N) is 1. The highest BCUT2D eigenvalue weighted by atomic mass is 15.2. The molecule has 0 fully saturated rings. The van der Waals surface area contributed by atoms with Crippen molar-refractivity contribution in [1.29, 1.82) is 0 Å². The maximum atomic E-state index is 4.50. The lowest BCUT2D eigenvalue weighted by atomic mass is 10.2. The van der Waals surface area contributed by atoms with E-state index in [9.17, 15) is 0 Å². The highest BCUT2D eigenvalue weighted by Crippen LogP contribution is 2.20. The molecule has 0 aliphatic heterocycles. The van der Waals surface area contributed by atoms with Gasteiger partial charge < -0.3 is 9.88 Å². The van der Waals surface area contributed by atoms with Crippen molar-refractivity contribution in [2.75, 3.05) is 5.32 Å². The van der Waals surface area contributed by atoms with Gasteiger partial charge in [-0.15, -0.1) is 0 Å². The van der Waals surface area contributed by atoms with Gasteiger partial charge in [0.25, 0.3) is 0 Å². The first-order valence-electron chi connectivity index (χ1n) is 5.95. The van der Waals surface area contributed by atoms with E-state index < -0.39 is 0 Å². The van der Waals surface area contributed by atoms with Gasteiger partial charge in [-0.25, -0.2) is 4.98 Å². The van der Waals surface area contributed by atoms with E-state index >= 15 is 0 Å². The second-order valence-electron chi connectivity index (χ2n) is 4.70. The Morgan fingerprint density at radius 2 is 1.76 bits per heavy atom. The van der Waals surface area contributed by atoms with E-state index in [2.05, 4.69) is 66.1 Å². The van der Waals surface area contributed by atoms with Gasteiger partial charge >= 0.3 is 0 Å². The van der Waals surface area contributed by atoms with Gasteiger partial charge in [0.1, 0.15) is 0 Å². The van der Waals surface area contributed by atoms with Gasteiger partial charge in [-0.1, -0.05) is 17.7 Å². The van der Waals surface area contributed by atoms with Crippen LogP contribution < -0.4 is 5.32 Å². The Hall–Kier alpha value is -1.77. The summed E-state index contributed by atoms with van der Waals surface area (Å²) in [7, 11) is 0. The van der Waals surface area contributed by atoms with Gasteiger partial charge in [0.2, 0.25) is 5.95 Å². The topological polar surface area (TPSA) is 29.9 Å². The molecule has 1 aromatic carbocycles. The molecular formula is C14H19N3. The number of rotatable bonds is 3. The summed E-state index contributed by atoms with van der Waals surface area (Å²) in [5.41, 5.74) is 3.37. The van der Waals surface area contributed by atoms with Crippen LogP contribution in [0.3, 0.4) is 0 Å². The van der Waals surface area contributed by atoms with Crippen molar-refractivity contribution < 1.29 is 0 Å². The molecule has 1 aromatic heterocycles. The third-order valence-electron chi connectivity index (χ3n) is 2.72. The summed E-state index contributed by atoms with van der Waals surface area (Å²) < 4.78 is 2.15. The minimum absolute atomic E-state index is 0.407. The molecule has 3 heteroatoms. The standard InChI is InChI=1S/C14H19N3/c1-10(2)17-9-12(4)15-14(17)16-13-7-5-11(3)6-8-13/h5-10H,1-4H3,(H,15,16). The molecule has 0 aliphatic rings. The third-order valence-corrected chi connectivity index (χ3v) is 2.72. The zero-order valence-electron chi connectivity index (χ0n) is 10.9. The van der Waals surface area contributed by atoms with Crippen molar-refractivity contribution in [3.63, 3.8) is 0 Å². The molecule has 0 amide bonds. The molecule has 0 saturated heterocycles. The lowest BCUT2D eigenvalue weighted by Gasteiger charge is -2.12. The van der Waals surface area contributed by atoms with Gasteiger partial charge in [0.15, 0.2) is 0 Å². The number of anilines is 2. The fourth-order valence-electron chi connectivity index (χ4n) is 1.77. The summed E-state index contributed by atoms with van der Waals surface area (Å²) in [5, 5.41) is 3.35. The first-order chi connectivity index (χ1) is 8.06. The normalized spacial score (nSPS) is 10.9. The third kappa shape index (κ3) is 2.67. The summed E-state index contributed by atoms with van der Waals surface area (Å²) in [4.78, 5) is 4.50. The van der Waals surface area contributed by atoms with E-state index in [-0.39, 0.29) is 0 Å². The molecule has 2 rings (SSSR count). The summed E-state index contributed by atoms with van der Waals surface area (Å²) in [6, 6.07) is 8.74. The van der Waals surface area contributed by atoms with Crippen molar-refractivity contribution >= 4 is 11.6 Å². The molecule has 0 bridgehead atoms. The number of benzene rings is 1. The SMILES string of the molecule is Cc1ccc(Nc2nc(C)cn2C(C)C)cc1. The highest BCUT2D eigenvalue weighted by molar-refractivity contribution is 5.54. The fraction of sp³-hybridized carbons (Fsp3) is 0.357. The van der Waals surface area contributed by atoms with Crippen molar-refractivity contribution in [3.05, 3.63) is 41.7 Å². The fourth-order valence-corrected chi connectivity index (χ4v) is 1.77. The van der Waals surface area contributed by atoms with Crippen molar-refractivity contribution in [2.45, 2.75) is 33.7 Å². The molecule has 3 nitrogen and oxygen atoms in total. The van der Waals surface area contributed by atoms with Gasteiger partial charge in [0.05, 0.1) is 5.69 Å². The molecular weight excluding hydrogens is 210 g/mol. The molecule has 17 heavy (non-hydrogen) atoms. The average Bonchev–Trinajstić information content (AvgIpc) is 2.63. The number of nitrogens with zero attached hydrogens (tertiary/aromatic N) is 2. The van der Waals surface area contributed by atoms with Crippen LogP contribution >= 0.6 is 0 Å². The van der Waals surface area contributed by atoms with Crippen molar-refractivity contribution in [2.24, 2.45) is 0 Å². The monoisotopic (exact) mass is 229 g/mol. The quantitative estimate of drug-likeness (QED) is 0.867. The van der Waals surface area contributed by atoms with Crippen molar-refractivity contribution in [1.82, 2.24) is 9.55 Å². The zero-order valence-corrected chi connectivity index (χ0v) is 10.9. The van der Waals surface area contributed by atoms with E-state index in [1.165, 1.54) is 5.56 Å². The molecule has 0 aliphatic carbocycles. The van der Waals surface area contributed by atoms with Crippen LogP contribution in [0.5, 0.6) is 0 Å². The molecule has 2 aromatic rings. The minimum atomic E-state index is 0.407. The minimum Gasteiger partial charge on any atom is -0.326 e. The Morgan fingerprint density at radius 1 is 1.12 bits per heavy atom. The number of hydrogen-bond acceptors (Lipinski definition) is 2. The zero-order chi connectivity index (χ0) is 12.4. The van der Waals surface area contributed by atoms with E-state index in [0.29, 0.717) is 6.04 Å². The van der Waals surface area contributed by atoms with Crippen LogP contribution in [0.2, 0.25) is 0 Å². The summed E-state index contributed by atoms with van der Waals surface area (Å²) in [6.07, 6.45) is 2.07. The van der Waals surface area contributed by atoms with E-state index in [1.54, 1.807) is 0 Å². The van der Waals surface area contributed by atoms with Crippen LogP contribution in [0.1, 0.15) is 31.1 Å². The lowest BCUT2D eigenvalue weighted by molar-refractivity contribution is 0.607. The summed E-state index contributed by atoms with van der Waals surface area (Å²) in [6.45, 7) is 8.41. The van der Waals surface area contributed by atoms with Crippen LogP contribution in [-0.2, 0) is 0 Å². The maximum absolute atomic E-state index is 4.50. The second-order valence-corrected chi connectivity index (χ2v) is 4.70. The summed E-state index contributed by atoms with van der Waals surface area (Å²) >= 11 is 0. The van der Waals surface area contributed by atoms with E-state index in [1.807, 2.05) is 6.92 Å². The number of aromatic nitrogens is 2. The van der Waals surface area contributed by atoms with Crippen LogP contribution in [0, 0.1) is 13.8 Å². The molecule has 0 saturated carbocycles. The first kappa shape index (κ1) is 11.7. The van der Waals surface area contributed by atoms with E-state index in [4.69, 9.17) is 0 Å². The largest absolute Gasteiger partial charge is 0.326 e. The van der Waals surface area contributed by atoms with Crippen LogP contribution in [0.15, 0.2) is 30.5 Å². The number of imidazole rings is 1. The second kappa shape index (κ2) is 4.62. The van der Waals surface area contributed by atoms with Crippen LogP contribution in [0.4, 0.5) is 11.6 Å². The smallest absolute Gasteiger partial charge is 0.207 e. The predicted molar refractivity (Wildman–Crippen MR) is 71.8 cm³/mol. The van der Waals surface area contributed by atoms with E-state index in [0.717, 1.165) is 17.3 Å². The lowest BCUT2D eigenvalue weighted by Crippen LogP contribution is -2.05. The van der Waals surface area contributed by atoms with Gasteiger partial charge in [-0.2, -0.15) is 0 Å². The van der Waals surface area contributed by atoms with Gasteiger partial charge in [0, 0.05) is 17.9 Å². The van der Waals surface area contributed by atoms with Crippen molar-refractivity contribution in [3.8, 4) is 0 Å². The van der Waals surface area contributed by atoms with Gasteiger partial charge in [-0.05, 0) is 39.8 Å². The molecule has 1 N–H and O–H groups in total. The van der Waals surface area contributed by atoms with Crippen LogP contribution in [-0.4, -0.2) is 9.55 Å². The molecule has 0 radical (unpaired) electrons. The number of aryl methyl sites for hydroxylation is 2. The Bertz CT molecular complexity index is 495. The highest BCUT2D eigenvalue weighted by Gasteiger charge is 2.08. The predicted octanol–water partition coefficient (Wildman–Crippen LogP) is 3.82. The maximum Gasteiger partial charge on any atom is 0.207 e. The Balaban J connectivity index is 2.26. The average molecular weight is 229 g/mol. The number of hydrogen-bond donors (Lipinski definition) is 1. The summed E-state index contributed by atoms with van der Waals surface area (Å²) in [5.74, 6) is 0.904.